The van der Waals surface area contributed by atoms with Crippen molar-refractivity contribution in [2.75, 3.05) is 24.7 Å². The summed E-state index contributed by atoms with van der Waals surface area (Å²) < 4.78 is 5.61. The number of ether oxygens (including phenoxy) is 1. The molecule has 2 nitrogen and oxygen atoms in total. The molecule has 0 aromatic rings. The van der Waals surface area contributed by atoms with Crippen LogP contribution in [-0.2, 0) is 4.74 Å². The number of hydrogen-bond acceptors (Lipinski definition) is 3. The third-order valence-electron chi connectivity index (χ3n) is 2.29. The van der Waals surface area contributed by atoms with Crippen LogP contribution in [0.3, 0.4) is 0 Å². The maximum absolute atomic E-state index is 8.83. The molecule has 0 amide bonds. The molecule has 3 heteroatoms. The van der Waals surface area contributed by atoms with Gasteiger partial charge in [0.05, 0.1) is 6.10 Å². The molecule has 0 spiro atoms. The van der Waals surface area contributed by atoms with Crippen LogP contribution in [0.15, 0.2) is 0 Å². The Hall–Kier alpha value is 0.270. The Labute approximate surface area is 85.0 Å². The van der Waals surface area contributed by atoms with Crippen molar-refractivity contribution >= 4 is 11.8 Å². The predicted molar refractivity (Wildman–Crippen MR) is 57.2 cm³/mol. The van der Waals surface area contributed by atoms with Gasteiger partial charge in [-0.2, -0.15) is 11.8 Å². The van der Waals surface area contributed by atoms with E-state index in [-0.39, 0.29) is 0 Å². The fraction of sp³-hybridized carbons (Fsp3) is 1.00. The molecule has 13 heavy (non-hydrogen) atoms. The molecule has 0 aliphatic carbocycles. The highest BCUT2D eigenvalue weighted by molar-refractivity contribution is 7.99. The van der Waals surface area contributed by atoms with Crippen LogP contribution >= 0.6 is 11.8 Å². The summed E-state index contributed by atoms with van der Waals surface area (Å²) in [5.74, 6) is 2.58. The van der Waals surface area contributed by atoms with Gasteiger partial charge in [-0.25, -0.2) is 0 Å². The number of hydrogen-bond donors (Lipinski definition) is 1. The summed E-state index contributed by atoms with van der Waals surface area (Å²) in [6.07, 6.45) is 4.25. The zero-order chi connectivity index (χ0) is 9.52. The third-order valence-corrected chi connectivity index (χ3v) is 3.70. The molecule has 1 saturated heterocycles. The second-order valence-corrected chi connectivity index (χ2v) is 4.89. The zero-order valence-corrected chi connectivity index (χ0v) is 9.18. The summed E-state index contributed by atoms with van der Waals surface area (Å²) >= 11 is 1.91. The first-order valence-electron chi connectivity index (χ1n) is 5.13. The van der Waals surface area contributed by atoms with Gasteiger partial charge in [0.25, 0.3) is 0 Å². The molecular formula is C10H20O2S. The fourth-order valence-corrected chi connectivity index (χ4v) is 2.56. The number of aliphatic hydroxyl groups excluding tert-OH is 1. The van der Waals surface area contributed by atoms with Gasteiger partial charge in [0.1, 0.15) is 0 Å². The minimum absolute atomic E-state index is 0.304. The first kappa shape index (κ1) is 11.3. The molecule has 1 aliphatic heterocycles. The van der Waals surface area contributed by atoms with E-state index in [0.717, 1.165) is 18.1 Å². The van der Waals surface area contributed by atoms with Crippen molar-refractivity contribution < 1.29 is 9.84 Å². The molecule has 1 rings (SSSR count). The monoisotopic (exact) mass is 204 g/mol. The SMILES string of the molecule is CC(CO)CSCC1CCCCO1. The van der Waals surface area contributed by atoms with Gasteiger partial charge in [0, 0.05) is 19.0 Å². The first-order chi connectivity index (χ1) is 6.33. The molecule has 1 fully saturated rings. The van der Waals surface area contributed by atoms with Gasteiger partial charge >= 0.3 is 0 Å². The quantitative estimate of drug-likeness (QED) is 0.742. The van der Waals surface area contributed by atoms with Crippen molar-refractivity contribution in [2.24, 2.45) is 5.92 Å². The van der Waals surface area contributed by atoms with Crippen LogP contribution in [0.1, 0.15) is 26.2 Å². The van der Waals surface area contributed by atoms with Gasteiger partial charge in [-0.1, -0.05) is 6.92 Å². The van der Waals surface area contributed by atoms with E-state index in [1.54, 1.807) is 0 Å². The maximum Gasteiger partial charge on any atom is 0.0665 e. The molecule has 1 heterocycles. The Balaban J connectivity index is 1.98. The van der Waals surface area contributed by atoms with Gasteiger partial charge in [-0.05, 0) is 30.9 Å². The summed E-state index contributed by atoms with van der Waals surface area (Å²) in [6.45, 7) is 3.33. The Morgan fingerprint density at radius 3 is 3.00 bits per heavy atom. The highest BCUT2D eigenvalue weighted by Gasteiger charge is 2.13. The predicted octanol–water partition coefficient (Wildman–Crippen LogP) is 1.92. The van der Waals surface area contributed by atoms with Crippen molar-refractivity contribution in [3.8, 4) is 0 Å². The summed E-state index contributed by atoms with van der Waals surface area (Å²) in [5, 5.41) is 8.83. The Kier molecular flexibility index (Phi) is 5.83. The lowest BCUT2D eigenvalue weighted by molar-refractivity contribution is 0.0315. The van der Waals surface area contributed by atoms with E-state index in [0.29, 0.717) is 18.6 Å². The lowest BCUT2D eigenvalue weighted by Crippen LogP contribution is -2.22. The highest BCUT2D eigenvalue weighted by Crippen LogP contribution is 2.18. The topological polar surface area (TPSA) is 29.5 Å². The van der Waals surface area contributed by atoms with Crippen molar-refractivity contribution in [1.82, 2.24) is 0 Å². The zero-order valence-electron chi connectivity index (χ0n) is 8.37. The fourth-order valence-electron chi connectivity index (χ4n) is 1.39. The summed E-state index contributed by atoms with van der Waals surface area (Å²) in [6, 6.07) is 0. The van der Waals surface area contributed by atoms with Crippen molar-refractivity contribution in [3.63, 3.8) is 0 Å². The van der Waals surface area contributed by atoms with Gasteiger partial charge in [0.15, 0.2) is 0 Å². The summed E-state index contributed by atoms with van der Waals surface area (Å²) in [4.78, 5) is 0. The number of rotatable bonds is 5. The third kappa shape index (κ3) is 4.89. The van der Waals surface area contributed by atoms with E-state index in [1.807, 2.05) is 11.8 Å². The Bertz CT molecular complexity index is 124. The second-order valence-electron chi connectivity index (χ2n) is 3.81. The molecule has 0 aromatic carbocycles. The van der Waals surface area contributed by atoms with Crippen LogP contribution in [0.5, 0.6) is 0 Å². The van der Waals surface area contributed by atoms with E-state index < -0.39 is 0 Å². The molecule has 0 radical (unpaired) electrons. The normalized spacial score (nSPS) is 25.8. The van der Waals surface area contributed by atoms with Gasteiger partial charge < -0.3 is 9.84 Å². The molecule has 0 aromatic heterocycles. The Morgan fingerprint density at radius 2 is 2.38 bits per heavy atom. The molecule has 0 saturated carbocycles. The van der Waals surface area contributed by atoms with Crippen molar-refractivity contribution in [1.29, 1.82) is 0 Å². The highest BCUT2D eigenvalue weighted by atomic mass is 32.2. The summed E-state index contributed by atoms with van der Waals surface area (Å²) in [5.41, 5.74) is 0. The van der Waals surface area contributed by atoms with E-state index >= 15 is 0 Å². The average Bonchev–Trinajstić information content (AvgIpc) is 2.19. The van der Waals surface area contributed by atoms with Crippen molar-refractivity contribution in [2.45, 2.75) is 32.3 Å². The number of thioether (sulfide) groups is 1. The van der Waals surface area contributed by atoms with Crippen LogP contribution in [0.2, 0.25) is 0 Å². The molecule has 2 unspecified atom stereocenters. The van der Waals surface area contributed by atoms with Crippen LogP contribution in [0.4, 0.5) is 0 Å². The molecular weight excluding hydrogens is 184 g/mol. The van der Waals surface area contributed by atoms with E-state index in [9.17, 15) is 0 Å². The lowest BCUT2D eigenvalue weighted by Gasteiger charge is -2.22. The second kappa shape index (κ2) is 6.68. The van der Waals surface area contributed by atoms with E-state index in [1.165, 1.54) is 19.3 Å². The summed E-state index contributed by atoms with van der Waals surface area (Å²) in [7, 11) is 0. The molecule has 1 aliphatic rings. The molecule has 1 N–H and O–H groups in total. The van der Waals surface area contributed by atoms with E-state index in [4.69, 9.17) is 9.84 Å². The van der Waals surface area contributed by atoms with Crippen LogP contribution in [0.25, 0.3) is 0 Å². The van der Waals surface area contributed by atoms with Gasteiger partial charge in [0.2, 0.25) is 0 Å². The average molecular weight is 204 g/mol. The van der Waals surface area contributed by atoms with Crippen LogP contribution < -0.4 is 0 Å². The van der Waals surface area contributed by atoms with Gasteiger partial charge in [-0.3, -0.25) is 0 Å². The van der Waals surface area contributed by atoms with Crippen molar-refractivity contribution in [3.05, 3.63) is 0 Å². The minimum Gasteiger partial charge on any atom is -0.396 e. The molecule has 78 valence electrons. The molecule has 2 atom stereocenters. The van der Waals surface area contributed by atoms with Crippen LogP contribution in [-0.4, -0.2) is 35.9 Å². The number of aliphatic hydroxyl groups is 1. The lowest BCUT2D eigenvalue weighted by atomic mass is 10.1. The minimum atomic E-state index is 0.304. The first-order valence-corrected chi connectivity index (χ1v) is 6.28. The van der Waals surface area contributed by atoms with Gasteiger partial charge in [-0.15, -0.1) is 0 Å². The smallest absolute Gasteiger partial charge is 0.0665 e. The van der Waals surface area contributed by atoms with Crippen LogP contribution in [0, 0.1) is 5.92 Å². The Morgan fingerprint density at radius 1 is 1.54 bits per heavy atom. The maximum atomic E-state index is 8.83. The standard InChI is InChI=1S/C10H20O2S/c1-9(6-11)7-13-8-10-4-2-3-5-12-10/h9-11H,2-8H2,1H3. The molecule has 0 bridgehead atoms. The largest absolute Gasteiger partial charge is 0.396 e. The van der Waals surface area contributed by atoms with E-state index in [2.05, 4.69) is 6.92 Å².